The third-order valence-corrected chi connectivity index (χ3v) is 5.08. The average molecular weight is 309 g/mol. The van der Waals surface area contributed by atoms with Gasteiger partial charge in [-0.05, 0) is 49.5 Å². The second-order valence-electron chi connectivity index (χ2n) is 6.23. The van der Waals surface area contributed by atoms with Gasteiger partial charge in [0.05, 0.1) is 5.02 Å². The minimum atomic E-state index is 0.578. The van der Waals surface area contributed by atoms with Gasteiger partial charge >= 0.3 is 0 Å². The number of benzene rings is 1. The third kappa shape index (κ3) is 2.72. The average Bonchev–Trinajstić information content (AvgIpc) is 2.95. The molecule has 1 N–H and O–H groups in total. The number of fused-ring (bicyclic) bond motifs is 2. The predicted molar refractivity (Wildman–Crippen MR) is 82.2 cm³/mol. The summed E-state index contributed by atoms with van der Waals surface area (Å²) >= 11 is 6.32. The van der Waals surface area contributed by atoms with E-state index in [-0.39, 0.29) is 0 Å². The Balaban J connectivity index is 1.48. The molecule has 3 aliphatic rings. The Morgan fingerprint density at radius 3 is 3.10 bits per heavy atom. The second-order valence-corrected chi connectivity index (χ2v) is 6.64. The van der Waals surface area contributed by atoms with E-state index in [2.05, 4.69) is 16.3 Å². The lowest BCUT2D eigenvalue weighted by atomic mass is 9.93. The standard InChI is InChI=1S/C16H21ClN2O2/c17-13-7-11(8-15-16(13)21-6-5-20-15)9-19-4-2-14-12(10-19)1-3-18-14/h7-8,12,14,18H,1-6,9-10H2. The molecule has 0 spiro atoms. The number of halogens is 1. The Hall–Kier alpha value is -0.970. The van der Waals surface area contributed by atoms with E-state index in [0.29, 0.717) is 24.0 Å². The zero-order valence-electron chi connectivity index (χ0n) is 12.1. The fourth-order valence-corrected chi connectivity index (χ4v) is 4.07. The molecule has 0 saturated carbocycles. The Morgan fingerprint density at radius 2 is 2.14 bits per heavy atom. The van der Waals surface area contributed by atoms with Crippen LogP contribution in [0.1, 0.15) is 18.4 Å². The molecule has 0 bridgehead atoms. The molecule has 1 aromatic rings. The van der Waals surface area contributed by atoms with Gasteiger partial charge < -0.3 is 14.8 Å². The van der Waals surface area contributed by atoms with Gasteiger partial charge in [0.15, 0.2) is 11.5 Å². The number of rotatable bonds is 2. The fourth-order valence-electron chi connectivity index (χ4n) is 3.78. The van der Waals surface area contributed by atoms with Crippen LogP contribution in [0, 0.1) is 5.92 Å². The van der Waals surface area contributed by atoms with E-state index in [9.17, 15) is 0 Å². The summed E-state index contributed by atoms with van der Waals surface area (Å²) in [6, 6.07) is 4.85. The first-order valence-electron chi connectivity index (χ1n) is 7.83. The van der Waals surface area contributed by atoms with E-state index in [4.69, 9.17) is 21.1 Å². The van der Waals surface area contributed by atoms with Crippen LogP contribution in [-0.4, -0.2) is 43.8 Å². The van der Waals surface area contributed by atoms with E-state index in [0.717, 1.165) is 30.8 Å². The maximum atomic E-state index is 6.32. The quantitative estimate of drug-likeness (QED) is 0.909. The Morgan fingerprint density at radius 1 is 1.24 bits per heavy atom. The molecule has 2 fully saturated rings. The highest BCUT2D eigenvalue weighted by Crippen LogP contribution is 2.38. The molecule has 114 valence electrons. The Kier molecular flexibility index (Phi) is 3.69. The molecule has 1 aromatic carbocycles. The number of ether oxygens (including phenoxy) is 2. The zero-order valence-corrected chi connectivity index (χ0v) is 12.9. The van der Waals surface area contributed by atoms with E-state index >= 15 is 0 Å². The maximum Gasteiger partial charge on any atom is 0.179 e. The smallest absolute Gasteiger partial charge is 0.179 e. The molecule has 21 heavy (non-hydrogen) atoms. The molecule has 0 radical (unpaired) electrons. The SMILES string of the molecule is Clc1cc(CN2CCC3NCCC3C2)cc2c1OCCO2. The summed E-state index contributed by atoms with van der Waals surface area (Å²) < 4.78 is 11.2. The lowest BCUT2D eigenvalue weighted by Gasteiger charge is -2.35. The van der Waals surface area contributed by atoms with Crippen molar-refractivity contribution >= 4 is 11.6 Å². The highest BCUT2D eigenvalue weighted by Gasteiger charge is 2.32. The minimum absolute atomic E-state index is 0.578. The van der Waals surface area contributed by atoms with Crippen molar-refractivity contribution in [3.05, 3.63) is 22.7 Å². The van der Waals surface area contributed by atoms with Gasteiger partial charge in [-0.1, -0.05) is 11.6 Å². The van der Waals surface area contributed by atoms with Crippen LogP contribution in [0.3, 0.4) is 0 Å². The highest BCUT2D eigenvalue weighted by molar-refractivity contribution is 6.32. The molecule has 0 aromatic heterocycles. The normalized spacial score (nSPS) is 28.4. The maximum absolute atomic E-state index is 6.32. The van der Waals surface area contributed by atoms with Gasteiger partial charge in [-0.15, -0.1) is 0 Å². The molecule has 3 heterocycles. The lowest BCUT2D eigenvalue weighted by Crippen LogP contribution is -2.43. The minimum Gasteiger partial charge on any atom is -0.486 e. The predicted octanol–water partition coefficient (Wildman–Crippen LogP) is 2.29. The topological polar surface area (TPSA) is 33.7 Å². The van der Waals surface area contributed by atoms with Crippen LogP contribution in [0.25, 0.3) is 0 Å². The van der Waals surface area contributed by atoms with E-state index < -0.39 is 0 Å². The number of nitrogens with one attached hydrogen (secondary N) is 1. The first kappa shape index (κ1) is 13.7. The monoisotopic (exact) mass is 308 g/mol. The molecular formula is C16H21ClN2O2. The summed E-state index contributed by atoms with van der Waals surface area (Å²) in [6.07, 6.45) is 2.56. The third-order valence-electron chi connectivity index (χ3n) is 4.80. The first-order chi connectivity index (χ1) is 10.3. The van der Waals surface area contributed by atoms with Crippen molar-refractivity contribution in [2.45, 2.75) is 25.4 Å². The van der Waals surface area contributed by atoms with E-state index in [1.54, 1.807) is 0 Å². The number of piperidine rings is 1. The molecule has 2 unspecified atom stereocenters. The molecule has 2 saturated heterocycles. The molecular weight excluding hydrogens is 288 g/mol. The van der Waals surface area contributed by atoms with Crippen molar-refractivity contribution in [1.29, 1.82) is 0 Å². The molecule has 5 heteroatoms. The van der Waals surface area contributed by atoms with Gasteiger partial charge in [-0.25, -0.2) is 0 Å². The van der Waals surface area contributed by atoms with Crippen molar-refractivity contribution in [2.75, 3.05) is 32.8 Å². The molecule has 0 amide bonds. The molecule has 4 rings (SSSR count). The van der Waals surface area contributed by atoms with Crippen LogP contribution in [0.5, 0.6) is 11.5 Å². The molecule has 4 nitrogen and oxygen atoms in total. The summed E-state index contributed by atoms with van der Waals surface area (Å²) in [5, 5.41) is 4.27. The van der Waals surface area contributed by atoms with Gasteiger partial charge in [0.25, 0.3) is 0 Å². The van der Waals surface area contributed by atoms with Gasteiger partial charge in [0, 0.05) is 19.1 Å². The second kappa shape index (κ2) is 5.67. The summed E-state index contributed by atoms with van der Waals surface area (Å²) in [4.78, 5) is 2.54. The van der Waals surface area contributed by atoms with Crippen molar-refractivity contribution in [2.24, 2.45) is 5.92 Å². The Labute approximate surface area is 130 Å². The van der Waals surface area contributed by atoms with Crippen LogP contribution in [0.4, 0.5) is 0 Å². The number of nitrogens with zero attached hydrogens (tertiary/aromatic N) is 1. The molecule has 3 aliphatic heterocycles. The van der Waals surface area contributed by atoms with Crippen molar-refractivity contribution in [3.63, 3.8) is 0 Å². The van der Waals surface area contributed by atoms with Crippen LogP contribution in [-0.2, 0) is 6.54 Å². The van der Waals surface area contributed by atoms with Crippen LogP contribution >= 0.6 is 11.6 Å². The lowest BCUT2D eigenvalue weighted by molar-refractivity contribution is 0.154. The molecule has 0 aliphatic carbocycles. The fraction of sp³-hybridized carbons (Fsp3) is 0.625. The van der Waals surface area contributed by atoms with Crippen molar-refractivity contribution < 1.29 is 9.47 Å². The van der Waals surface area contributed by atoms with Crippen molar-refractivity contribution in [1.82, 2.24) is 10.2 Å². The van der Waals surface area contributed by atoms with Crippen molar-refractivity contribution in [3.8, 4) is 11.5 Å². The Bertz CT molecular complexity index is 537. The molecule has 2 atom stereocenters. The largest absolute Gasteiger partial charge is 0.486 e. The van der Waals surface area contributed by atoms with E-state index in [1.807, 2.05) is 6.07 Å². The van der Waals surface area contributed by atoms with Crippen LogP contribution < -0.4 is 14.8 Å². The first-order valence-corrected chi connectivity index (χ1v) is 8.21. The highest BCUT2D eigenvalue weighted by atomic mass is 35.5. The summed E-state index contributed by atoms with van der Waals surface area (Å²) in [5.74, 6) is 2.30. The van der Waals surface area contributed by atoms with Gasteiger partial charge in [-0.3, -0.25) is 4.90 Å². The van der Waals surface area contributed by atoms with E-state index in [1.165, 1.54) is 31.5 Å². The van der Waals surface area contributed by atoms with Gasteiger partial charge in [0.2, 0.25) is 0 Å². The number of likely N-dealkylation sites (tertiary alicyclic amines) is 1. The number of hydrogen-bond acceptors (Lipinski definition) is 4. The van der Waals surface area contributed by atoms with Crippen LogP contribution in [0.15, 0.2) is 12.1 Å². The summed E-state index contributed by atoms with van der Waals surface area (Å²) in [7, 11) is 0. The van der Waals surface area contributed by atoms with Gasteiger partial charge in [-0.2, -0.15) is 0 Å². The summed E-state index contributed by atoms with van der Waals surface area (Å²) in [5.41, 5.74) is 1.22. The van der Waals surface area contributed by atoms with Gasteiger partial charge in [0.1, 0.15) is 13.2 Å². The zero-order chi connectivity index (χ0) is 14.2. The van der Waals surface area contributed by atoms with Crippen LogP contribution in [0.2, 0.25) is 5.02 Å². The summed E-state index contributed by atoms with van der Waals surface area (Å²) in [6.45, 7) is 5.64. The number of hydrogen-bond donors (Lipinski definition) is 1.